The van der Waals surface area contributed by atoms with E-state index >= 15 is 0 Å². The fraction of sp³-hybridized carbons (Fsp3) is 0.190. The Morgan fingerprint density at radius 2 is 1.48 bits per heavy atom. The van der Waals surface area contributed by atoms with Crippen LogP contribution in [0.5, 0.6) is 0 Å². The lowest BCUT2D eigenvalue weighted by Crippen LogP contribution is -2.09. The summed E-state index contributed by atoms with van der Waals surface area (Å²) in [4.78, 5) is 2.12. The summed E-state index contributed by atoms with van der Waals surface area (Å²) in [5.41, 5.74) is 6.81. The Balaban J connectivity index is 2.14. The Hall–Kier alpha value is -2.79. The summed E-state index contributed by atoms with van der Waals surface area (Å²) in [5, 5.41) is 8.79. The molecule has 2 nitrogen and oxygen atoms in total. The van der Waals surface area contributed by atoms with Crippen molar-refractivity contribution < 1.29 is 0 Å². The average Bonchev–Trinajstić information content (AvgIpc) is 2.53. The van der Waals surface area contributed by atoms with Crippen molar-refractivity contribution in [3.05, 3.63) is 76.4 Å². The van der Waals surface area contributed by atoms with Gasteiger partial charge >= 0.3 is 0 Å². The second-order valence-corrected chi connectivity index (χ2v) is 5.84. The van der Waals surface area contributed by atoms with Crippen molar-refractivity contribution in [3.8, 4) is 6.07 Å². The Labute approximate surface area is 139 Å². The maximum Gasteiger partial charge on any atom is 0.0991 e. The second-order valence-electron chi connectivity index (χ2n) is 5.84. The standard InChI is InChI=1S/C21H22N2/c1-16-13-20(23(3)4)14-17(2)21(16)8-6-5-7-18-9-11-19(15-22)12-10-18/h5-14H,1-4H3/b7-5+,8-6+. The molecule has 23 heavy (non-hydrogen) atoms. The smallest absolute Gasteiger partial charge is 0.0991 e. The molecule has 0 fully saturated rings. The second kappa shape index (κ2) is 7.47. The Bertz CT molecular complexity index is 749. The van der Waals surface area contributed by atoms with Crippen LogP contribution in [0.25, 0.3) is 12.2 Å². The summed E-state index contributed by atoms with van der Waals surface area (Å²) in [5.74, 6) is 0. The molecule has 0 N–H and O–H groups in total. The van der Waals surface area contributed by atoms with Gasteiger partial charge in [-0.3, -0.25) is 0 Å². The minimum atomic E-state index is 0.685. The molecule has 0 aromatic heterocycles. The first-order valence-corrected chi connectivity index (χ1v) is 7.65. The minimum Gasteiger partial charge on any atom is -0.378 e. The molecule has 0 spiro atoms. The van der Waals surface area contributed by atoms with Crippen molar-refractivity contribution in [2.75, 3.05) is 19.0 Å². The van der Waals surface area contributed by atoms with Crippen LogP contribution in [0, 0.1) is 25.2 Å². The van der Waals surface area contributed by atoms with Crippen LogP contribution in [-0.4, -0.2) is 14.1 Å². The number of anilines is 1. The van der Waals surface area contributed by atoms with Crippen molar-refractivity contribution in [1.29, 1.82) is 5.26 Å². The molecule has 2 aromatic rings. The van der Waals surface area contributed by atoms with Crippen LogP contribution in [0.1, 0.15) is 27.8 Å². The minimum absolute atomic E-state index is 0.685. The number of allylic oxidation sites excluding steroid dienone is 2. The van der Waals surface area contributed by atoms with Gasteiger partial charge in [0.1, 0.15) is 0 Å². The van der Waals surface area contributed by atoms with Gasteiger partial charge in [-0.05, 0) is 60.4 Å². The fourth-order valence-corrected chi connectivity index (χ4v) is 2.46. The SMILES string of the molecule is Cc1cc(N(C)C)cc(C)c1/C=C/C=C/c1ccc(C#N)cc1. The highest BCUT2D eigenvalue weighted by atomic mass is 15.1. The van der Waals surface area contributed by atoms with Crippen molar-refractivity contribution >= 4 is 17.8 Å². The third-order valence-corrected chi connectivity index (χ3v) is 3.80. The number of rotatable bonds is 4. The van der Waals surface area contributed by atoms with Crippen molar-refractivity contribution in [1.82, 2.24) is 0 Å². The first kappa shape index (κ1) is 16.6. The lowest BCUT2D eigenvalue weighted by Gasteiger charge is -2.16. The average molecular weight is 302 g/mol. The molecule has 0 aliphatic carbocycles. The maximum absolute atomic E-state index is 8.79. The van der Waals surface area contributed by atoms with Crippen LogP contribution in [-0.2, 0) is 0 Å². The van der Waals surface area contributed by atoms with E-state index in [-0.39, 0.29) is 0 Å². The highest BCUT2D eigenvalue weighted by Gasteiger charge is 2.03. The number of benzene rings is 2. The van der Waals surface area contributed by atoms with Crippen LogP contribution in [0.2, 0.25) is 0 Å². The number of nitriles is 1. The monoisotopic (exact) mass is 302 g/mol. The van der Waals surface area contributed by atoms with E-state index in [1.54, 1.807) is 0 Å². The molecular formula is C21H22N2. The van der Waals surface area contributed by atoms with E-state index in [1.165, 1.54) is 22.4 Å². The van der Waals surface area contributed by atoms with E-state index < -0.39 is 0 Å². The van der Waals surface area contributed by atoms with Gasteiger partial charge in [-0.15, -0.1) is 0 Å². The summed E-state index contributed by atoms with van der Waals surface area (Å²) < 4.78 is 0. The fourth-order valence-electron chi connectivity index (χ4n) is 2.46. The first-order valence-electron chi connectivity index (χ1n) is 7.65. The predicted octanol–water partition coefficient (Wildman–Crippen LogP) is 4.97. The summed E-state index contributed by atoms with van der Waals surface area (Å²) in [7, 11) is 4.12. The first-order chi connectivity index (χ1) is 11.0. The third kappa shape index (κ3) is 4.34. The lowest BCUT2D eigenvalue weighted by atomic mass is 10.0. The zero-order chi connectivity index (χ0) is 16.8. The van der Waals surface area contributed by atoms with Gasteiger partial charge in [-0.1, -0.05) is 36.4 Å². The van der Waals surface area contributed by atoms with Crippen molar-refractivity contribution in [2.24, 2.45) is 0 Å². The zero-order valence-corrected chi connectivity index (χ0v) is 14.2. The maximum atomic E-state index is 8.79. The normalized spacial score (nSPS) is 11.1. The van der Waals surface area contributed by atoms with Crippen molar-refractivity contribution in [2.45, 2.75) is 13.8 Å². The van der Waals surface area contributed by atoms with Crippen molar-refractivity contribution in [3.63, 3.8) is 0 Å². The van der Waals surface area contributed by atoms with E-state index in [4.69, 9.17) is 5.26 Å². The van der Waals surface area contributed by atoms with Gasteiger partial charge in [0.25, 0.3) is 0 Å². The van der Waals surface area contributed by atoms with Crippen LogP contribution < -0.4 is 4.90 Å². The molecule has 0 unspecified atom stereocenters. The molecule has 2 aromatic carbocycles. The summed E-state index contributed by atoms with van der Waals surface area (Å²) >= 11 is 0. The van der Waals surface area contributed by atoms with Gasteiger partial charge < -0.3 is 4.90 Å². The van der Waals surface area contributed by atoms with Gasteiger partial charge in [0.2, 0.25) is 0 Å². The Morgan fingerprint density at radius 3 is 2.00 bits per heavy atom. The molecular weight excluding hydrogens is 280 g/mol. The van der Waals surface area contributed by atoms with E-state index in [1.807, 2.05) is 36.4 Å². The molecule has 116 valence electrons. The molecule has 0 bridgehead atoms. The van der Waals surface area contributed by atoms with E-state index in [9.17, 15) is 0 Å². The molecule has 0 amide bonds. The Morgan fingerprint density at radius 1 is 0.913 bits per heavy atom. The number of hydrogen-bond acceptors (Lipinski definition) is 2. The largest absolute Gasteiger partial charge is 0.378 e. The quantitative estimate of drug-likeness (QED) is 0.746. The van der Waals surface area contributed by atoms with Crippen LogP contribution in [0.3, 0.4) is 0 Å². The number of hydrogen-bond donors (Lipinski definition) is 0. The van der Waals surface area contributed by atoms with E-state index in [0.717, 1.165) is 5.56 Å². The number of nitrogens with zero attached hydrogens (tertiary/aromatic N) is 2. The van der Waals surface area contributed by atoms with Crippen LogP contribution >= 0.6 is 0 Å². The molecule has 0 heterocycles. The Kier molecular flexibility index (Phi) is 5.38. The molecule has 0 radical (unpaired) electrons. The van der Waals surface area contributed by atoms with Gasteiger partial charge in [-0.25, -0.2) is 0 Å². The van der Waals surface area contributed by atoms with Gasteiger partial charge in [0, 0.05) is 19.8 Å². The molecule has 0 atom stereocenters. The van der Waals surface area contributed by atoms with Gasteiger partial charge in [-0.2, -0.15) is 5.26 Å². The molecule has 0 aliphatic heterocycles. The molecule has 2 heteroatoms. The molecule has 0 aliphatic rings. The third-order valence-electron chi connectivity index (χ3n) is 3.80. The number of aryl methyl sites for hydroxylation is 2. The summed E-state index contributed by atoms with van der Waals surface area (Å²) in [6, 6.07) is 14.1. The highest BCUT2D eigenvalue weighted by molar-refractivity contribution is 5.65. The molecule has 2 rings (SSSR count). The van der Waals surface area contributed by atoms with Gasteiger partial charge in [0.15, 0.2) is 0 Å². The van der Waals surface area contributed by atoms with Gasteiger partial charge in [0.05, 0.1) is 11.6 Å². The zero-order valence-electron chi connectivity index (χ0n) is 14.2. The predicted molar refractivity (Wildman–Crippen MR) is 99.5 cm³/mol. The van der Waals surface area contributed by atoms with E-state index in [0.29, 0.717) is 5.56 Å². The van der Waals surface area contributed by atoms with E-state index in [2.05, 4.69) is 63.2 Å². The topological polar surface area (TPSA) is 27.0 Å². The van der Waals surface area contributed by atoms with Crippen LogP contribution in [0.4, 0.5) is 5.69 Å². The summed E-state index contributed by atoms with van der Waals surface area (Å²) in [6.45, 7) is 4.29. The molecule has 0 saturated heterocycles. The summed E-state index contributed by atoms with van der Waals surface area (Å²) in [6.07, 6.45) is 8.27. The lowest BCUT2D eigenvalue weighted by molar-refractivity contribution is 1.12. The van der Waals surface area contributed by atoms with Crippen LogP contribution in [0.15, 0.2) is 48.6 Å². The highest BCUT2D eigenvalue weighted by Crippen LogP contribution is 2.23. The molecule has 0 saturated carbocycles.